The number of alkyl carbamates (subject to hydrolysis) is 3. The molecule has 17 aliphatic rings. The molecule has 0 spiro atoms. The van der Waals surface area contributed by atoms with Crippen LogP contribution in [0.1, 0.15) is 230 Å². The summed E-state index contributed by atoms with van der Waals surface area (Å²) in [6, 6.07) is 10.3. The minimum absolute atomic E-state index is 0.0310. The summed E-state index contributed by atoms with van der Waals surface area (Å²) in [5.74, 6) is -8.99. The Bertz CT molecular complexity index is 6220. The molecule has 9 aliphatic heterocycles. The number of ether oxygens (including phenoxy) is 6. The number of alkyl halides is 2. The number of halogens is 2. The van der Waals surface area contributed by atoms with Gasteiger partial charge in [-0.3, -0.25) is 72.0 Å². The molecule has 15 amide bonds. The zero-order chi connectivity index (χ0) is 106. The molecule has 9 N–H and O–H groups in total. The van der Waals surface area contributed by atoms with Crippen LogP contribution >= 0.6 is 0 Å². The van der Waals surface area contributed by atoms with Crippen molar-refractivity contribution in [3.8, 4) is 0 Å². The smallest absolute Gasteiger partial charge is 0.410 e. The van der Waals surface area contributed by atoms with Gasteiger partial charge < -0.3 is 75.0 Å². The van der Waals surface area contributed by atoms with Gasteiger partial charge in [0, 0.05) is 82.7 Å². The Morgan fingerprint density at radius 2 is 0.680 bits per heavy atom. The van der Waals surface area contributed by atoms with Gasteiger partial charge >= 0.3 is 36.6 Å². The van der Waals surface area contributed by atoms with E-state index >= 15 is 0 Å². The molecule has 150 heavy (non-hydrogen) atoms. The average Bonchev–Trinajstić information content (AvgIpc) is 1.58. The zero-order valence-corrected chi connectivity index (χ0v) is 86.0. The van der Waals surface area contributed by atoms with Crippen molar-refractivity contribution in [2.75, 3.05) is 39.5 Å². The van der Waals surface area contributed by atoms with Gasteiger partial charge in [0.25, 0.3) is 17.7 Å². The van der Waals surface area contributed by atoms with E-state index in [1.807, 2.05) is 59.3 Å². The van der Waals surface area contributed by atoms with Crippen molar-refractivity contribution >= 4 is 120 Å². The summed E-state index contributed by atoms with van der Waals surface area (Å²) >= 11 is 0. The van der Waals surface area contributed by atoms with E-state index in [1.165, 1.54) is 32.9 Å². The Labute approximate surface area is 868 Å². The lowest BCUT2D eigenvalue weighted by molar-refractivity contribution is -0.142. The largest absolute Gasteiger partial charge is 0.450 e. The number of cyclic esters (lactones) is 3. The number of sulfonamides is 3. The number of aryl methyl sites for hydroxylation is 3. The molecule has 8 saturated carbocycles. The van der Waals surface area contributed by atoms with Gasteiger partial charge in [0.1, 0.15) is 71.2 Å². The maximum absolute atomic E-state index is 14.5. The summed E-state index contributed by atoms with van der Waals surface area (Å²) < 4.78 is 143. The average molecular weight is 2150 g/mol. The topological polar surface area (TPSA) is 542 Å². The van der Waals surface area contributed by atoms with E-state index in [0.29, 0.717) is 122 Å². The summed E-state index contributed by atoms with van der Waals surface area (Å²) in [6.45, 7) is 13.0. The first kappa shape index (κ1) is 107. The molecule has 3 aromatic rings. The number of hydrogen-bond donors (Lipinski definition) is 9. The van der Waals surface area contributed by atoms with Gasteiger partial charge in [-0.1, -0.05) is 105 Å². The summed E-state index contributed by atoms with van der Waals surface area (Å²) in [5, 5.41) is 13.9. The fourth-order valence-corrected chi connectivity index (χ4v) is 27.2. The predicted octanol–water partition coefficient (Wildman–Crippen LogP) is 7.05. The van der Waals surface area contributed by atoms with Gasteiger partial charge in [-0.2, -0.15) is 0 Å². The Kier molecular flexibility index (Phi) is 31.7. The Morgan fingerprint density at radius 3 is 0.973 bits per heavy atom. The zero-order valence-electron chi connectivity index (χ0n) is 83.5. The number of fused-ring (bicyclic) bond motifs is 9. The monoisotopic (exact) mass is 2140 g/mol. The first-order valence-corrected chi connectivity index (χ1v) is 57.1. The highest BCUT2D eigenvalue weighted by Gasteiger charge is 2.66. The molecule has 0 unspecified atom stereocenters. The second-order valence-corrected chi connectivity index (χ2v) is 48.7. The van der Waals surface area contributed by atoms with Crippen LogP contribution in [0.5, 0.6) is 0 Å². The third-order valence-electron chi connectivity index (χ3n) is 32.4. The highest BCUT2D eigenvalue weighted by molar-refractivity contribution is 7.91. The van der Waals surface area contributed by atoms with Gasteiger partial charge in [0.05, 0.1) is 55.2 Å². The molecule has 3 saturated heterocycles. The summed E-state index contributed by atoms with van der Waals surface area (Å²) in [6.07, 6.45) is 9.22. The second kappa shape index (κ2) is 44.4. The van der Waals surface area contributed by atoms with Gasteiger partial charge in [0.15, 0.2) is 0 Å². The van der Waals surface area contributed by atoms with Crippen LogP contribution in [0.2, 0.25) is 0 Å². The molecule has 47 heteroatoms. The van der Waals surface area contributed by atoms with Gasteiger partial charge in [-0.25, -0.2) is 62.8 Å². The molecule has 42 nitrogen and oxygen atoms in total. The van der Waals surface area contributed by atoms with Crippen LogP contribution in [0, 0.1) is 29.6 Å². The maximum Gasteiger partial charge on any atom is 0.410 e. The molecular weight excluding hydrogens is 2010 g/mol. The van der Waals surface area contributed by atoms with Crippen LogP contribution < -0.4 is 46.1 Å². The number of carbonyl (C=O) groups is 15. The van der Waals surface area contributed by atoms with Gasteiger partial charge in [-0.05, 0) is 203 Å². The predicted molar refractivity (Wildman–Crippen MR) is 529 cm³/mol. The van der Waals surface area contributed by atoms with E-state index in [2.05, 4.69) is 61.1 Å². The maximum atomic E-state index is 14.5. The Hall–Kier alpha value is -12.6. The molecule has 20 rings (SSSR count). The molecule has 8 aliphatic carbocycles. The number of amides is 15. The van der Waals surface area contributed by atoms with Gasteiger partial charge in [-0.15, -0.1) is 19.7 Å². The minimum atomic E-state index is -3.97. The summed E-state index contributed by atoms with van der Waals surface area (Å²) in [4.78, 5) is 213. The fraction of sp³-hybridized carbons (Fsp3) is 0.621. The summed E-state index contributed by atoms with van der Waals surface area (Å²) in [5.41, 5.74) is 4.63. The minimum Gasteiger partial charge on any atom is -0.450 e. The quantitative estimate of drug-likeness (QED) is 0.0359. The highest BCUT2D eigenvalue weighted by atomic mass is 32.2. The van der Waals surface area contributed by atoms with E-state index in [-0.39, 0.29) is 103 Å². The fourth-order valence-electron chi connectivity index (χ4n) is 23.1. The second-order valence-electron chi connectivity index (χ2n) is 42.8. The van der Waals surface area contributed by atoms with Crippen molar-refractivity contribution in [3.05, 3.63) is 143 Å². The van der Waals surface area contributed by atoms with Crippen LogP contribution in [0.3, 0.4) is 0 Å². The van der Waals surface area contributed by atoms with Gasteiger partial charge in [0.2, 0.25) is 71.9 Å². The molecule has 9 heterocycles. The van der Waals surface area contributed by atoms with Crippen LogP contribution in [0.25, 0.3) is 0 Å². The molecule has 0 radical (unpaired) electrons. The number of nitrogens with one attached hydrogen (secondary N) is 9. The molecule has 12 bridgehead atoms. The van der Waals surface area contributed by atoms with E-state index < -0.39 is 237 Å². The molecule has 812 valence electrons. The first-order chi connectivity index (χ1) is 71.8. The number of hydrogen-bond acceptors (Lipinski definition) is 27. The Balaban J connectivity index is 0.000000147. The van der Waals surface area contributed by atoms with E-state index in [4.69, 9.17) is 28.4 Å². The van der Waals surface area contributed by atoms with Crippen LogP contribution in [0.15, 0.2) is 92.6 Å². The number of benzene rings is 3. The number of nitrogens with zero attached hydrogens (tertiary/aromatic N) is 6. The first-order valence-electron chi connectivity index (χ1n) is 52.5. The SMILES string of the molecule is C=C[C@@H]1C[C@]1(NC(=O)[C@@H]1C[C@@H]2CN1C(=O)[C@H](C1CCCC1)NC(=O)OCCCCc1cccc3c1CN(C3)C(=O)O2)C(=O)NS(=O)(=O)C1CC1.C=C[C@@H]1C[C@]1(NC(=O)[C@@H]1C[C@@H]2CN1C(=O)[C@H](C1CCCCC1)NC(=O)OCCCCc1cccc3c1CN(C3)C(=O)O2)C(=O)NS(=O)(=O)C1CC1.C=C[C@@H]1C[C@]1(NC(=O)[C@@H]1C[C@@H]2CN1C(=O)[C@H](CC(F)F)NC(=O)OCCCCc1cccc3c1CN(C3)C(=O)O2)C(=O)NS(=O)(=O)C1CC1. The third-order valence-corrected chi connectivity index (χ3v) is 37.9. The van der Waals surface area contributed by atoms with Crippen molar-refractivity contribution in [2.24, 2.45) is 29.6 Å². The van der Waals surface area contributed by atoms with Crippen molar-refractivity contribution in [1.82, 2.24) is 75.5 Å². The van der Waals surface area contributed by atoms with E-state index in [9.17, 15) is 106 Å². The highest BCUT2D eigenvalue weighted by Crippen LogP contribution is 2.50. The molecule has 3 aromatic carbocycles. The lowest BCUT2D eigenvalue weighted by atomic mass is 9.83. The number of rotatable bonds is 22. The Morgan fingerprint density at radius 1 is 0.387 bits per heavy atom. The van der Waals surface area contributed by atoms with Crippen LogP contribution in [0.4, 0.5) is 37.5 Å². The molecule has 0 aromatic heterocycles. The van der Waals surface area contributed by atoms with Crippen LogP contribution in [-0.2, 0) is 160 Å². The van der Waals surface area contributed by atoms with Crippen molar-refractivity contribution in [1.29, 1.82) is 0 Å². The van der Waals surface area contributed by atoms with Crippen molar-refractivity contribution in [3.63, 3.8) is 0 Å². The molecule has 11 fully saturated rings. The lowest BCUT2D eigenvalue weighted by Gasteiger charge is -2.34. The summed E-state index contributed by atoms with van der Waals surface area (Å²) in [7, 11) is -11.8. The molecular formula is C103H131F2N15O27S3. The van der Waals surface area contributed by atoms with Crippen molar-refractivity contribution < 1.29 is 134 Å². The molecule has 15 atom stereocenters. The third kappa shape index (κ3) is 23.8. The standard InChI is InChI=1S/C36H47N5O9S.C35H45N5O9S.C32H39F2N5O9S/c1-2-25-18-36(25,33(44)39-51(47,48)27-14-15-27)38-31(42)29-17-26-20-41(29)32(43)30(23-10-4-3-5-11-23)37-34(45)49-16-7-6-9-22-12-8-13-24-19-40(21-28(22)24)35(46)50-26;1-2-24-17-35(24,32(43)38-50(46,47)26-13-14-26)37-30(41)28-16-25-19-40(28)31(42)29(22-9-3-4-10-22)36-33(44)48-15-6-5-8-21-11-7-12-23-18-39(20-27(21)23)34(45)49-25;1-2-20-14-32(20,29(42)37-49(45,46)22-9-10-22)36-27(40)25-12-21-16-39(25)28(41)24(13-26(33)34)35-30(43)47-11-4-3-6-18-7-5-8-19-15-38(17-23(18)19)31(44)48-21/h2,8,12-13,23,25-27,29-30H,1,3-7,9-11,14-21H2,(H,37,45)(H,38,42)(H,39,44);2,7,11-12,22,24-26,28-29H,1,3-6,8-10,13-20H2,(H,36,44)(H,37,41)(H,38,43);2,5,7-8,20-22,24-26H,1,3-4,6,9-17H2,(H,35,43)(H,36,40)(H,37,42)/t25-,26-,29+,30+,36-;24-,25-,28+,29+,35-;20-,21-,24+,25+,32-/m111/s1. The van der Waals surface area contributed by atoms with E-state index in [1.54, 1.807) is 9.80 Å². The van der Waals surface area contributed by atoms with E-state index in [0.717, 1.165) is 113 Å². The van der Waals surface area contributed by atoms with Crippen LogP contribution in [-0.4, -0.2) is 277 Å². The normalized spacial score (nSPS) is 29.9. The lowest BCUT2D eigenvalue weighted by Crippen LogP contribution is -2.59. The number of carbonyl (C=O) groups excluding carboxylic acids is 15. The van der Waals surface area contributed by atoms with Crippen molar-refractivity contribution in [2.45, 2.75) is 332 Å².